The van der Waals surface area contributed by atoms with E-state index in [9.17, 15) is 9.90 Å². The van der Waals surface area contributed by atoms with Crippen molar-refractivity contribution in [1.29, 1.82) is 10.8 Å². The minimum atomic E-state index is -0.912. The van der Waals surface area contributed by atoms with E-state index in [1.54, 1.807) is 46.1 Å². The van der Waals surface area contributed by atoms with E-state index in [1.165, 1.54) is 4.90 Å². The SMILES string of the molecule is CN(C)C(=N)NC(=N)NCc1ccc(CC(C)(C)C(=O)O)cc1O. The van der Waals surface area contributed by atoms with Gasteiger partial charge >= 0.3 is 5.97 Å². The van der Waals surface area contributed by atoms with Gasteiger partial charge in [0.15, 0.2) is 11.9 Å². The van der Waals surface area contributed by atoms with Crippen LogP contribution in [0.2, 0.25) is 0 Å². The lowest BCUT2D eigenvalue weighted by Gasteiger charge is -2.19. The van der Waals surface area contributed by atoms with Crippen molar-refractivity contribution in [3.05, 3.63) is 29.3 Å². The van der Waals surface area contributed by atoms with Crippen molar-refractivity contribution >= 4 is 17.9 Å². The topological polar surface area (TPSA) is 133 Å². The smallest absolute Gasteiger partial charge is 0.309 e. The molecule has 0 aliphatic heterocycles. The van der Waals surface area contributed by atoms with Gasteiger partial charge in [0.25, 0.3) is 0 Å². The van der Waals surface area contributed by atoms with Crippen LogP contribution in [-0.4, -0.2) is 47.1 Å². The second kappa shape index (κ2) is 7.67. The van der Waals surface area contributed by atoms with Gasteiger partial charge in [-0.1, -0.05) is 12.1 Å². The summed E-state index contributed by atoms with van der Waals surface area (Å²) in [7, 11) is 3.37. The van der Waals surface area contributed by atoms with Crippen LogP contribution >= 0.6 is 0 Å². The number of phenolic OH excluding ortho intramolecular Hbond substituents is 1. The largest absolute Gasteiger partial charge is 0.508 e. The predicted molar refractivity (Wildman–Crippen MR) is 92.3 cm³/mol. The molecule has 24 heavy (non-hydrogen) atoms. The van der Waals surface area contributed by atoms with Gasteiger partial charge in [-0.3, -0.25) is 20.9 Å². The molecule has 0 atom stereocenters. The van der Waals surface area contributed by atoms with Crippen LogP contribution < -0.4 is 10.6 Å². The second-order valence-electron chi connectivity index (χ2n) is 6.43. The number of nitrogens with zero attached hydrogens (tertiary/aromatic N) is 1. The van der Waals surface area contributed by atoms with Crippen molar-refractivity contribution in [3.8, 4) is 5.75 Å². The molecule has 0 bridgehead atoms. The highest BCUT2D eigenvalue weighted by Crippen LogP contribution is 2.26. The van der Waals surface area contributed by atoms with E-state index in [1.807, 2.05) is 0 Å². The molecule has 0 amide bonds. The van der Waals surface area contributed by atoms with Gasteiger partial charge in [0.05, 0.1) is 5.41 Å². The standard InChI is InChI=1S/C16H25N5O3/c1-16(2,13(23)24)8-10-5-6-11(12(22)7-10)9-19-14(17)20-15(18)21(3)4/h5-7,22H,8-9H2,1-4H3,(H,23,24)(H4,17,18,19,20). The molecule has 0 unspecified atom stereocenters. The van der Waals surface area contributed by atoms with Crippen molar-refractivity contribution in [1.82, 2.24) is 15.5 Å². The quantitative estimate of drug-likeness (QED) is 0.353. The van der Waals surface area contributed by atoms with Crippen LogP contribution in [0.5, 0.6) is 5.75 Å². The summed E-state index contributed by atoms with van der Waals surface area (Å²) in [5, 5.41) is 39.8. The number of rotatable bonds is 5. The fourth-order valence-corrected chi connectivity index (χ4v) is 1.91. The van der Waals surface area contributed by atoms with Crippen molar-refractivity contribution in [2.24, 2.45) is 5.41 Å². The molecular weight excluding hydrogens is 310 g/mol. The molecule has 0 fully saturated rings. The van der Waals surface area contributed by atoms with E-state index in [4.69, 9.17) is 15.9 Å². The van der Waals surface area contributed by atoms with Gasteiger partial charge in [-0.25, -0.2) is 0 Å². The van der Waals surface area contributed by atoms with Gasteiger partial charge in [0.1, 0.15) is 5.75 Å². The second-order valence-corrected chi connectivity index (χ2v) is 6.43. The molecule has 0 spiro atoms. The Hall–Kier alpha value is -2.77. The van der Waals surface area contributed by atoms with E-state index < -0.39 is 11.4 Å². The number of aromatic hydroxyl groups is 1. The number of phenols is 1. The first-order chi connectivity index (χ1) is 11.0. The fourth-order valence-electron chi connectivity index (χ4n) is 1.91. The predicted octanol–water partition coefficient (Wildman–Crippen LogP) is 1.16. The van der Waals surface area contributed by atoms with Gasteiger partial charge in [-0.2, -0.15) is 0 Å². The molecule has 132 valence electrons. The third-order valence-corrected chi connectivity index (χ3v) is 3.52. The summed E-state index contributed by atoms with van der Waals surface area (Å²) in [6.07, 6.45) is 0.307. The molecule has 1 aromatic rings. The van der Waals surface area contributed by atoms with Crippen molar-refractivity contribution < 1.29 is 15.0 Å². The van der Waals surface area contributed by atoms with Crippen LogP contribution in [0.1, 0.15) is 25.0 Å². The molecule has 1 rings (SSSR count). The average molecular weight is 335 g/mol. The minimum absolute atomic E-state index is 0.0386. The zero-order valence-electron chi connectivity index (χ0n) is 14.4. The molecule has 0 radical (unpaired) electrons. The number of guanidine groups is 2. The Bertz CT molecular complexity index is 641. The number of hydrogen-bond acceptors (Lipinski definition) is 4. The summed E-state index contributed by atoms with van der Waals surface area (Å²) in [4.78, 5) is 12.7. The average Bonchev–Trinajstić information content (AvgIpc) is 2.45. The van der Waals surface area contributed by atoms with Gasteiger partial charge in [0.2, 0.25) is 0 Å². The Kier molecular flexibility index (Phi) is 6.16. The maximum absolute atomic E-state index is 11.2. The zero-order chi connectivity index (χ0) is 18.5. The van der Waals surface area contributed by atoms with Gasteiger partial charge < -0.3 is 20.4 Å². The molecule has 1 aromatic carbocycles. The van der Waals surface area contributed by atoms with E-state index in [-0.39, 0.29) is 24.2 Å². The summed E-state index contributed by atoms with van der Waals surface area (Å²) < 4.78 is 0. The molecule has 8 nitrogen and oxygen atoms in total. The third kappa shape index (κ3) is 5.45. The Labute approximate surface area is 141 Å². The highest BCUT2D eigenvalue weighted by molar-refractivity contribution is 5.95. The summed E-state index contributed by atoms with van der Waals surface area (Å²) in [6, 6.07) is 5.00. The first-order valence-electron chi connectivity index (χ1n) is 7.42. The lowest BCUT2D eigenvalue weighted by atomic mass is 9.85. The maximum atomic E-state index is 11.2. The van der Waals surface area contributed by atoms with Crippen LogP contribution in [0.25, 0.3) is 0 Å². The molecule has 0 heterocycles. The number of carboxylic acids is 1. The highest BCUT2D eigenvalue weighted by atomic mass is 16.4. The first-order valence-corrected chi connectivity index (χ1v) is 7.42. The normalized spacial score (nSPS) is 10.8. The monoisotopic (exact) mass is 335 g/mol. The lowest BCUT2D eigenvalue weighted by Crippen LogP contribution is -2.45. The fraction of sp³-hybridized carbons (Fsp3) is 0.438. The maximum Gasteiger partial charge on any atom is 0.309 e. The summed E-state index contributed by atoms with van der Waals surface area (Å²) in [6.45, 7) is 3.48. The van der Waals surface area contributed by atoms with E-state index in [0.717, 1.165) is 5.56 Å². The Balaban J connectivity index is 2.67. The van der Waals surface area contributed by atoms with Crippen LogP contribution in [0.4, 0.5) is 0 Å². The number of nitrogens with one attached hydrogen (secondary N) is 4. The van der Waals surface area contributed by atoms with Gasteiger partial charge in [-0.05, 0) is 31.9 Å². The van der Waals surface area contributed by atoms with Gasteiger partial charge in [0, 0.05) is 26.2 Å². The minimum Gasteiger partial charge on any atom is -0.508 e. The highest BCUT2D eigenvalue weighted by Gasteiger charge is 2.27. The molecule has 0 aliphatic carbocycles. The summed E-state index contributed by atoms with van der Waals surface area (Å²) in [5.74, 6) is -0.834. The van der Waals surface area contributed by atoms with Gasteiger partial charge in [-0.15, -0.1) is 0 Å². The number of carboxylic acid groups (broad SMARTS) is 1. The van der Waals surface area contributed by atoms with Crippen LogP contribution in [-0.2, 0) is 17.8 Å². The molecule has 0 aromatic heterocycles. The Morgan fingerprint density at radius 2 is 1.92 bits per heavy atom. The van der Waals surface area contributed by atoms with E-state index >= 15 is 0 Å². The molecule has 0 saturated carbocycles. The Morgan fingerprint density at radius 1 is 1.29 bits per heavy atom. The molecule has 0 saturated heterocycles. The number of aliphatic carboxylic acids is 1. The molecule has 0 aliphatic rings. The van der Waals surface area contributed by atoms with Crippen molar-refractivity contribution in [2.75, 3.05) is 14.1 Å². The lowest BCUT2D eigenvalue weighted by molar-refractivity contribution is -0.146. The molecular formula is C16H25N5O3. The summed E-state index contributed by atoms with van der Waals surface area (Å²) in [5.41, 5.74) is 0.395. The summed E-state index contributed by atoms with van der Waals surface area (Å²) >= 11 is 0. The first kappa shape index (κ1) is 19.3. The third-order valence-electron chi connectivity index (χ3n) is 3.52. The number of hydrogen-bond donors (Lipinski definition) is 6. The number of benzene rings is 1. The number of carbonyl (C=O) groups is 1. The zero-order valence-corrected chi connectivity index (χ0v) is 14.4. The molecule has 8 heteroatoms. The molecule has 6 N–H and O–H groups in total. The van der Waals surface area contributed by atoms with Crippen molar-refractivity contribution in [3.63, 3.8) is 0 Å². The van der Waals surface area contributed by atoms with Crippen LogP contribution in [0.15, 0.2) is 18.2 Å². The van der Waals surface area contributed by atoms with Crippen LogP contribution in [0, 0.1) is 16.2 Å². The van der Waals surface area contributed by atoms with E-state index in [0.29, 0.717) is 12.0 Å². The van der Waals surface area contributed by atoms with E-state index in [2.05, 4.69) is 10.6 Å². The Morgan fingerprint density at radius 3 is 2.42 bits per heavy atom. The van der Waals surface area contributed by atoms with Crippen molar-refractivity contribution in [2.45, 2.75) is 26.8 Å². The van der Waals surface area contributed by atoms with Crippen LogP contribution in [0.3, 0.4) is 0 Å².